The Morgan fingerprint density at radius 1 is 1.41 bits per heavy atom. The van der Waals surface area contributed by atoms with Gasteiger partial charge in [0.25, 0.3) is 0 Å². The van der Waals surface area contributed by atoms with Crippen LogP contribution in [0.15, 0.2) is 29.6 Å². The van der Waals surface area contributed by atoms with E-state index in [0.29, 0.717) is 5.13 Å². The van der Waals surface area contributed by atoms with Gasteiger partial charge in [-0.3, -0.25) is 4.79 Å². The fourth-order valence-corrected chi connectivity index (χ4v) is 2.48. The molecule has 0 aliphatic heterocycles. The van der Waals surface area contributed by atoms with Gasteiger partial charge in [0.1, 0.15) is 11.8 Å². The first-order valence-corrected chi connectivity index (χ1v) is 7.18. The Labute approximate surface area is 139 Å². The minimum atomic E-state index is -0.714. The molecule has 22 heavy (non-hydrogen) atoms. The minimum Gasteiger partial charge on any atom is -0.496 e. The van der Waals surface area contributed by atoms with Crippen molar-refractivity contribution >= 4 is 34.8 Å². The molecule has 8 heteroatoms. The Morgan fingerprint density at radius 3 is 2.82 bits per heavy atom. The van der Waals surface area contributed by atoms with Crippen molar-refractivity contribution in [2.75, 3.05) is 26.1 Å². The van der Waals surface area contributed by atoms with E-state index in [1.54, 1.807) is 7.11 Å². The lowest BCUT2D eigenvalue weighted by atomic mass is 10.1. The number of para-hydroxylation sites is 1. The number of rotatable bonds is 6. The van der Waals surface area contributed by atoms with Crippen molar-refractivity contribution in [3.63, 3.8) is 0 Å². The maximum atomic E-state index is 11.8. The average molecular weight is 344 g/mol. The van der Waals surface area contributed by atoms with Gasteiger partial charge >= 0.3 is 0 Å². The van der Waals surface area contributed by atoms with E-state index in [4.69, 9.17) is 15.2 Å². The number of carbonyl (C=O) groups excluding carboxylic acids is 1. The van der Waals surface area contributed by atoms with E-state index in [0.717, 1.165) is 17.0 Å². The smallest absolute Gasteiger partial charge is 0.245 e. The number of methoxy groups -OCH3 is 2. The van der Waals surface area contributed by atoms with Crippen molar-refractivity contribution in [1.29, 1.82) is 0 Å². The van der Waals surface area contributed by atoms with E-state index >= 15 is 0 Å². The molecule has 0 bridgehead atoms. The van der Waals surface area contributed by atoms with Gasteiger partial charge in [0.05, 0.1) is 19.4 Å². The van der Waals surface area contributed by atoms with E-state index in [1.807, 2.05) is 29.6 Å². The molecule has 0 spiro atoms. The van der Waals surface area contributed by atoms with Gasteiger partial charge in [-0.25, -0.2) is 4.98 Å². The highest BCUT2D eigenvalue weighted by atomic mass is 35.5. The number of nitrogens with zero attached hydrogens (tertiary/aromatic N) is 1. The number of hydrogen-bond donors (Lipinski definition) is 2. The van der Waals surface area contributed by atoms with Crippen molar-refractivity contribution < 1.29 is 14.3 Å². The fourth-order valence-electron chi connectivity index (χ4n) is 1.76. The number of thiazole rings is 1. The number of nitrogens with two attached hydrogens (primary N) is 1. The van der Waals surface area contributed by atoms with Gasteiger partial charge < -0.3 is 20.5 Å². The second-order valence-electron chi connectivity index (χ2n) is 4.29. The number of amides is 1. The van der Waals surface area contributed by atoms with Crippen molar-refractivity contribution in [2.24, 2.45) is 5.73 Å². The van der Waals surface area contributed by atoms with Crippen LogP contribution in [0.4, 0.5) is 5.13 Å². The highest BCUT2D eigenvalue weighted by molar-refractivity contribution is 7.14. The predicted molar refractivity (Wildman–Crippen MR) is 89.8 cm³/mol. The molecule has 1 atom stereocenters. The molecule has 2 aromatic rings. The quantitative estimate of drug-likeness (QED) is 0.839. The van der Waals surface area contributed by atoms with Crippen LogP contribution < -0.4 is 15.8 Å². The van der Waals surface area contributed by atoms with Gasteiger partial charge in [0.15, 0.2) is 5.13 Å². The average Bonchev–Trinajstić information content (AvgIpc) is 2.95. The summed E-state index contributed by atoms with van der Waals surface area (Å²) >= 11 is 1.33. The number of anilines is 1. The number of carbonyl (C=O) groups is 1. The Balaban J connectivity index is 0.00000242. The van der Waals surface area contributed by atoms with Crippen molar-refractivity contribution in [3.8, 4) is 17.0 Å². The van der Waals surface area contributed by atoms with Crippen molar-refractivity contribution in [2.45, 2.75) is 6.04 Å². The van der Waals surface area contributed by atoms with Crippen LogP contribution in [-0.2, 0) is 9.53 Å². The summed E-state index contributed by atoms with van der Waals surface area (Å²) in [7, 11) is 3.11. The van der Waals surface area contributed by atoms with Gasteiger partial charge in [-0.05, 0) is 12.1 Å². The zero-order valence-corrected chi connectivity index (χ0v) is 13.9. The molecular formula is C14H18ClN3O3S. The zero-order chi connectivity index (χ0) is 15.2. The fraction of sp³-hybridized carbons (Fsp3) is 0.286. The van der Waals surface area contributed by atoms with Gasteiger partial charge in [-0.15, -0.1) is 23.7 Å². The SMILES string of the molecule is COCC(N)C(=O)Nc1nc(-c2ccccc2OC)cs1.Cl. The highest BCUT2D eigenvalue weighted by Gasteiger charge is 2.16. The molecule has 1 unspecified atom stereocenters. The summed E-state index contributed by atoms with van der Waals surface area (Å²) in [5.74, 6) is 0.412. The predicted octanol–water partition coefficient (Wildman–Crippen LogP) is 2.15. The zero-order valence-electron chi connectivity index (χ0n) is 12.2. The highest BCUT2D eigenvalue weighted by Crippen LogP contribution is 2.31. The molecule has 1 heterocycles. The van der Waals surface area contributed by atoms with Crippen LogP contribution in [0.1, 0.15) is 0 Å². The summed E-state index contributed by atoms with van der Waals surface area (Å²) < 4.78 is 10.1. The van der Waals surface area contributed by atoms with Gasteiger partial charge in [0.2, 0.25) is 5.91 Å². The molecule has 0 saturated heterocycles. The van der Waals surface area contributed by atoms with Crippen molar-refractivity contribution in [1.82, 2.24) is 4.98 Å². The molecule has 0 saturated carbocycles. The first kappa shape index (κ1) is 18.4. The summed E-state index contributed by atoms with van der Waals surface area (Å²) in [4.78, 5) is 16.2. The summed E-state index contributed by atoms with van der Waals surface area (Å²) in [5, 5.41) is 5.03. The molecule has 3 N–H and O–H groups in total. The topological polar surface area (TPSA) is 86.5 Å². The third-order valence-electron chi connectivity index (χ3n) is 2.80. The second-order valence-corrected chi connectivity index (χ2v) is 5.15. The van der Waals surface area contributed by atoms with Crippen LogP contribution in [0, 0.1) is 0 Å². The van der Waals surface area contributed by atoms with E-state index in [2.05, 4.69) is 10.3 Å². The number of aromatic nitrogens is 1. The third kappa shape index (κ3) is 4.41. The molecule has 1 aromatic heterocycles. The van der Waals surface area contributed by atoms with Gasteiger partial charge in [0, 0.05) is 18.1 Å². The van der Waals surface area contributed by atoms with E-state index in [1.165, 1.54) is 18.4 Å². The van der Waals surface area contributed by atoms with Crippen LogP contribution in [-0.4, -0.2) is 37.8 Å². The summed E-state index contributed by atoms with van der Waals surface area (Å²) in [5.41, 5.74) is 7.28. The van der Waals surface area contributed by atoms with Gasteiger partial charge in [-0.2, -0.15) is 0 Å². The second kappa shape index (κ2) is 8.70. The Morgan fingerprint density at radius 2 is 2.14 bits per heavy atom. The largest absolute Gasteiger partial charge is 0.496 e. The third-order valence-corrected chi connectivity index (χ3v) is 3.56. The summed E-state index contributed by atoms with van der Waals surface area (Å²) in [6.45, 7) is 0.163. The number of benzene rings is 1. The molecule has 2 rings (SSSR count). The normalized spacial score (nSPS) is 11.4. The van der Waals surface area contributed by atoms with Crippen LogP contribution >= 0.6 is 23.7 Å². The standard InChI is InChI=1S/C14H17N3O3S.ClH/c1-19-7-10(15)13(18)17-14-16-11(8-21-14)9-5-3-4-6-12(9)20-2;/h3-6,8,10H,7,15H2,1-2H3,(H,16,17,18);1H. The van der Waals surface area contributed by atoms with Crippen molar-refractivity contribution in [3.05, 3.63) is 29.6 Å². The molecule has 1 amide bonds. The molecule has 0 radical (unpaired) electrons. The Bertz CT molecular complexity index is 621. The van der Waals surface area contributed by atoms with Crippen LogP contribution in [0.2, 0.25) is 0 Å². The molecular weight excluding hydrogens is 326 g/mol. The van der Waals surface area contributed by atoms with Crippen LogP contribution in [0.3, 0.4) is 0 Å². The van der Waals surface area contributed by atoms with Gasteiger partial charge in [-0.1, -0.05) is 12.1 Å². The Hall–Kier alpha value is -1.67. The van der Waals surface area contributed by atoms with E-state index < -0.39 is 6.04 Å². The maximum Gasteiger partial charge on any atom is 0.245 e. The van der Waals surface area contributed by atoms with E-state index in [9.17, 15) is 4.79 Å². The van der Waals surface area contributed by atoms with E-state index in [-0.39, 0.29) is 24.9 Å². The number of hydrogen-bond acceptors (Lipinski definition) is 6. The lowest BCUT2D eigenvalue weighted by molar-refractivity contribution is -0.118. The molecule has 0 fully saturated rings. The first-order valence-electron chi connectivity index (χ1n) is 6.30. The lowest BCUT2D eigenvalue weighted by Crippen LogP contribution is -2.39. The van der Waals surface area contributed by atoms with Crippen LogP contribution in [0.25, 0.3) is 11.3 Å². The molecule has 120 valence electrons. The molecule has 1 aromatic carbocycles. The maximum absolute atomic E-state index is 11.8. The lowest BCUT2D eigenvalue weighted by Gasteiger charge is -2.09. The van der Waals surface area contributed by atoms with Crippen LogP contribution in [0.5, 0.6) is 5.75 Å². The monoisotopic (exact) mass is 343 g/mol. The number of nitrogens with one attached hydrogen (secondary N) is 1. The number of halogens is 1. The number of ether oxygens (including phenoxy) is 2. The molecule has 0 aliphatic rings. The minimum absolute atomic E-state index is 0. The summed E-state index contributed by atoms with van der Waals surface area (Å²) in [6, 6.07) is 6.86. The molecule has 6 nitrogen and oxygen atoms in total. The molecule has 0 aliphatic carbocycles. The summed E-state index contributed by atoms with van der Waals surface area (Å²) in [6.07, 6.45) is 0. The Kier molecular flexibility index (Phi) is 7.26. The first-order chi connectivity index (χ1) is 10.2.